The second-order valence-electron chi connectivity index (χ2n) is 39.6. The molecule has 0 unspecified atom stereocenters. The number of nitrogens with zero attached hydrogens (tertiary/aromatic N) is 16. The number of rotatable bonds is 12. The van der Waals surface area contributed by atoms with Gasteiger partial charge in [-0.2, -0.15) is 4.98 Å². The van der Waals surface area contributed by atoms with E-state index < -0.39 is 21.7 Å². The molecule has 8 heterocycles. The van der Waals surface area contributed by atoms with Crippen LogP contribution in [0.1, 0.15) is 174 Å². The average molecular weight is 1890 g/mol. The molecule has 0 aliphatic heterocycles. The fourth-order valence-electron chi connectivity index (χ4n) is 23.5. The number of Topliss-reactive ketones (excluding diaryl/α,β-unsaturated/α-hetero) is 5. The molecule has 141 heavy (non-hydrogen) atoms. The van der Waals surface area contributed by atoms with Gasteiger partial charge >= 0.3 is 0 Å². The van der Waals surface area contributed by atoms with Crippen molar-refractivity contribution in [3.8, 4) is 84.5 Å². The van der Waals surface area contributed by atoms with Gasteiger partial charge in [-0.3, -0.25) is 19.7 Å². The Balaban J connectivity index is 0.000000120. The third-order valence-electron chi connectivity index (χ3n) is 30.9. The van der Waals surface area contributed by atoms with E-state index in [1.54, 1.807) is 97.5 Å². The van der Waals surface area contributed by atoms with Crippen LogP contribution in [0.5, 0.6) is 5.88 Å². The third-order valence-corrected chi connectivity index (χ3v) is 32.0. The Bertz CT molecular complexity index is 7780. The van der Waals surface area contributed by atoms with Gasteiger partial charge in [-0.15, -0.1) is 11.3 Å². The fraction of sp³-hybridized carbons (Fsp3) is 0.330. The van der Waals surface area contributed by atoms with Crippen LogP contribution >= 0.6 is 11.3 Å². The van der Waals surface area contributed by atoms with Crippen molar-refractivity contribution in [1.29, 1.82) is 0 Å². The van der Waals surface area contributed by atoms with Gasteiger partial charge in [0.05, 0.1) is 99.4 Å². The predicted molar refractivity (Wildman–Crippen MR) is 534 cm³/mol. The number of ether oxygens (including phenoxy) is 1. The van der Waals surface area contributed by atoms with Crippen molar-refractivity contribution in [2.45, 2.75) is 182 Å². The monoisotopic (exact) mass is 1890 g/mol. The maximum atomic E-state index is 15.2. The van der Waals surface area contributed by atoms with Gasteiger partial charge in [-0.05, 0) is 200 Å². The van der Waals surface area contributed by atoms with E-state index in [4.69, 9.17) is 70.9 Å². The number of ketones is 5. The molecule has 9 aliphatic rings. The number of halogens is 3. The summed E-state index contributed by atoms with van der Waals surface area (Å²) < 4.78 is 51.6. The number of fused-ring (bicyclic) bond motifs is 14. The predicted octanol–water partition coefficient (Wildman–Crippen LogP) is 23.5. The quantitative estimate of drug-likeness (QED) is 0.103. The maximum Gasteiger partial charge on any atom is 0.226 e. The van der Waals surface area contributed by atoms with Crippen molar-refractivity contribution in [3.63, 3.8) is 0 Å². The molecule has 8 aromatic heterocycles. The van der Waals surface area contributed by atoms with E-state index in [-0.39, 0.29) is 123 Å². The number of aryl methyl sites for hydroxylation is 3. The standard InChI is InChI=1S/C31H25FN4O.C29H25FN4O2.C29H28N4O2.C26H23FN4OS/c1-17-9-12-25-22(15-17)19(13-14-34-25)30-35-27(20-7-5-6-8-24(20)32)21-10-11-23-18(2)28(37)26(33-4)16-31(23,3)29(21)36-30;1-16(35)13-19-14-18(11-12-32-19)28-33-25(20-7-5-6-8-23(20)30)21-9-10-22-17(2)26(36)24(31-4)15-29(22,3)27(21)34-28;1-17-22-12-11-21-26(29(22,2)15-24(30-3)25(17)34)32-27(33-28(21)35-16-18-7-6-8-18)20-13-14-31-23-10-5-4-9-19(20)23;1-13-18-11-10-17-21(16-8-6-7-9-19(16)27)30-25(23-14(2)29-15(3)33-23)31-24(17)26(18,4)12-20(28-5)22(13)32/h5-9,12-16,18,23H,10-11H2,1-3H3;5-8,11-12,14-15,17,22H,9-10,13H2,1-3H3;4-5,9-10,13-15,17-18,22H,6-8,11-12,16H2,1-2H3;6-9,12-13,18H,10-11H2,1-4H3/t18-,23-,31-;2*17-,22-,29-;13-,18-,26-/m1111/s1. The molecule has 12 atom stereocenters. The number of pyridine rings is 3. The van der Waals surface area contributed by atoms with E-state index in [0.717, 1.165) is 119 Å². The van der Waals surface area contributed by atoms with Crippen molar-refractivity contribution in [2.24, 2.45) is 53.3 Å². The van der Waals surface area contributed by atoms with E-state index in [9.17, 15) is 28.4 Å². The maximum absolute atomic E-state index is 15.2. The lowest BCUT2D eigenvalue weighted by atomic mass is 9.58. The SMILES string of the molecule is [C-]#[N+]C1=C[C@@]2(C)c3nc(-c4ccnc(CC(C)=O)c4)nc(-c4ccccc4F)c3CC[C@@H]2[C@@H](C)C1=O.[C-]#[N+]C1=C[C@@]2(C)c3nc(-c4ccnc5ccc(C)cc45)nc(-c4ccccc4F)c3CC[C@@H]2[C@@H](C)C1=O.[C-]#[N+]C1=C[C@@]2(C)c3nc(-c4ccnc5ccccc45)nc(OCC4CCC4)c3CC[C@@H]2[C@@H](C)C1=O.[C-]#[N+]C1=C[C@@]2(C)c3nc(-c4sc(C)nc4C)nc(-c4ccccc4F)c3CC[C@@H]2[C@@H](C)C1=O. The summed E-state index contributed by atoms with van der Waals surface area (Å²) in [5, 5.41) is 2.82. The summed E-state index contributed by atoms with van der Waals surface area (Å²) in [5.41, 5.74) is 14.5. The van der Waals surface area contributed by atoms with Crippen molar-refractivity contribution in [3.05, 3.63) is 335 Å². The van der Waals surface area contributed by atoms with Gasteiger partial charge in [-0.1, -0.05) is 152 Å². The van der Waals surface area contributed by atoms with Gasteiger partial charge in [0.1, 0.15) is 23.2 Å². The highest BCUT2D eigenvalue weighted by atomic mass is 32.1. The molecular weight excluding hydrogens is 1790 g/mol. The Hall–Kier alpha value is -15.1. The highest BCUT2D eigenvalue weighted by molar-refractivity contribution is 7.15. The van der Waals surface area contributed by atoms with Crippen molar-refractivity contribution < 1.29 is 41.9 Å². The summed E-state index contributed by atoms with van der Waals surface area (Å²) in [6.45, 7) is 54.3. The molecule has 0 spiro atoms. The minimum atomic E-state index is -0.687. The van der Waals surface area contributed by atoms with E-state index in [1.165, 1.54) is 55.7 Å². The topological polar surface area (TPSA) is 267 Å². The van der Waals surface area contributed by atoms with Gasteiger partial charge in [0, 0.05) is 142 Å². The summed E-state index contributed by atoms with van der Waals surface area (Å²) in [5.74, 6) is 0.695. The fourth-order valence-corrected chi connectivity index (χ4v) is 24.3. The van der Waals surface area contributed by atoms with E-state index in [2.05, 4.69) is 66.2 Å². The van der Waals surface area contributed by atoms with Crippen LogP contribution in [0.2, 0.25) is 0 Å². The van der Waals surface area contributed by atoms with E-state index in [1.807, 2.05) is 116 Å². The molecule has 0 bridgehead atoms. The molecule has 13 aromatic rings. The third kappa shape index (κ3) is 16.8. The zero-order valence-electron chi connectivity index (χ0n) is 80.4. The molecule has 22 nitrogen and oxygen atoms in total. The molecule has 9 aliphatic carbocycles. The lowest BCUT2D eigenvalue weighted by Crippen LogP contribution is -2.46. The number of thiazole rings is 1. The minimum absolute atomic E-state index is 0.00826. The first kappa shape index (κ1) is 94.8. The lowest BCUT2D eigenvalue weighted by molar-refractivity contribution is -0.122. The molecule has 5 aromatic carbocycles. The summed E-state index contributed by atoms with van der Waals surface area (Å²) in [7, 11) is 0. The molecule has 1 fully saturated rings. The van der Waals surface area contributed by atoms with Gasteiger partial charge < -0.3 is 23.9 Å². The molecule has 0 amide bonds. The molecular formula is C115H101F3N16O6S. The number of benzene rings is 5. The largest absolute Gasteiger partial charge is 0.477 e. The first-order valence-electron chi connectivity index (χ1n) is 48.0. The van der Waals surface area contributed by atoms with E-state index >= 15 is 8.78 Å². The van der Waals surface area contributed by atoms with E-state index in [0.29, 0.717) is 118 Å². The van der Waals surface area contributed by atoms with Gasteiger partial charge in [0.15, 0.2) is 46.4 Å². The summed E-state index contributed by atoms with van der Waals surface area (Å²) in [6.07, 6.45) is 21.9. The molecule has 0 N–H and O–H groups in total. The van der Waals surface area contributed by atoms with Crippen LogP contribution in [-0.4, -0.2) is 95.3 Å². The van der Waals surface area contributed by atoms with Crippen molar-refractivity contribution >= 4 is 62.1 Å². The number of para-hydroxylation sites is 1. The van der Waals surface area contributed by atoms with Gasteiger partial charge in [-0.25, -0.2) is 72.4 Å². The normalized spacial score (nSPS) is 23.8. The second-order valence-corrected chi connectivity index (χ2v) is 40.8. The molecule has 704 valence electrons. The number of hydrogen-bond donors (Lipinski definition) is 0. The van der Waals surface area contributed by atoms with Crippen LogP contribution in [0.15, 0.2) is 205 Å². The van der Waals surface area contributed by atoms with Gasteiger partial charge in [0.25, 0.3) is 0 Å². The number of carbonyl (C=O) groups is 5. The highest BCUT2D eigenvalue weighted by Gasteiger charge is 2.55. The summed E-state index contributed by atoms with van der Waals surface area (Å²) in [6, 6.07) is 41.3. The molecule has 26 heteroatoms. The zero-order chi connectivity index (χ0) is 99.2. The van der Waals surface area contributed by atoms with Crippen molar-refractivity contribution in [2.75, 3.05) is 6.61 Å². The number of hydrogen-bond acceptors (Lipinski definition) is 19. The van der Waals surface area contributed by atoms with Gasteiger partial charge in [0.2, 0.25) is 28.7 Å². The number of aromatic nitrogens is 12. The zero-order valence-corrected chi connectivity index (χ0v) is 81.2. The Morgan fingerprint density at radius 3 is 1.25 bits per heavy atom. The van der Waals surface area contributed by atoms with Crippen LogP contribution in [0.4, 0.5) is 13.2 Å². The minimum Gasteiger partial charge on any atom is -0.477 e. The number of allylic oxidation sites excluding steroid dienone is 8. The van der Waals surface area contributed by atoms with Crippen LogP contribution in [-0.2, 0) is 77.7 Å². The number of carbonyl (C=O) groups excluding carboxylic acids is 5. The first-order chi connectivity index (χ1) is 67.8. The Morgan fingerprint density at radius 1 is 0.426 bits per heavy atom. The van der Waals surface area contributed by atoms with Crippen LogP contribution in [0.3, 0.4) is 0 Å². The molecule has 22 rings (SSSR count). The van der Waals surface area contributed by atoms with Crippen LogP contribution in [0, 0.1) is 118 Å². The van der Waals surface area contributed by atoms with Crippen LogP contribution < -0.4 is 4.74 Å². The Kier molecular flexibility index (Phi) is 25.3. The van der Waals surface area contributed by atoms with Crippen LogP contribution in [0.25, 0.3) is 120 Å². The molecule has 0 radical (unpaired) electrons. The van der Waals surface area contributed by atoms with Crippen molar-refractivity contribution in [1.82, 2.24) is 59.8 Å². The second kappa shape index (κ2) is 37.6. The first-order valence-corrected chi connectivity index (χ1v) is 48.8. The Morgan fingerprint density at radius 2 is 0.816 bits per heavy atom. The average Bonchev–Trinajstić information content (AvgIpc) is 1.36. The highest BCUT2D eigenvalue weighted by Crippen LogP contribution is 2.58. The molecule has 0 saturated heterocycles. The Labute approximate surface area is 820 Å². The summed E-state index contributed by atoms with van der Waals surface area (Å²) in [4.78, 5) is 136. The lowest BCUT2D eigenvalue weighted by Gasteiger charge is -2.46. The summed E-state index contributed by atoms with van der Waals surface area (Å²) >= 11 is 1.51. The molecule has 1 saturated carbocycles. The smallest absolute Gasteiger partial charge is 0.226 e.